The largest absolute Gasteiger partial charge is 0.492 e. The number of nitrogens with one attached hydrogen (secondary N) is 1. The van der Waals surface area contributed by atoms with E-state index in [2.05, 4.69) is 15.4 Å². The van der Waals surface area contributed by atoms with Crippen molar-refractivity contribution in [2.24, 2.45) is 0 Å². The monoisotopic (exact) mass is 310 g/mol. The maximum atomic E-state index is 12.3. The number of aryl methyl sites for hydroxylation is 2. The Bertz CT molecular complexity index is 827. The molecule has 1 N–H and O–H groups in total. The molecular weight excluding hydrogens is 292 g/mol. The highest BCUT2D eigenvalue weighted by atomic mass is 16.5. The molecule has 0 aliphatic heterocycles. The third-order valence-corrected chi connectivity index (χ3v) is 3.42. The highest BCUT2D eigenvalue weighted by Crippen LogP contribution is 2.12. The fraction of sp³-hybridized carbons (Fsp3) is 0.235. The Hall–Kier alpha value is -2.89. The molecule has 2 heterocycles. The maximum Gasteiger partial charge on any atom is 0.256 e. The van der Waals surface area contributed by atoms with Crippen LogP contribution in [0.1, 0.15) is 21.7 Å². The minimum atomic E-state index is -0.200. The number of hydrogen-bond acceptors (Lipinski definition) is 4. The van der Waals surface area contributed by atoms with E-state index in [-0.39, 0.29) is 5.91 Å². The summed E-state index contributed by atoms with van der Waals surface area (Å²) in [6, 6.07) is 11.4. The minimum Gasteiger partial charge on any atom is -0.492 e. The molecule has 6 nitrogen and oxygen atoms in total. The zero-order valence-electron chi connectivity index (χ0n) is 13.1. The lowest BCUT2D eigenvalue weighted by atomic mass is 10.3. The van der Waals surface area contributed by atoms with Gasteiger partial charge in [0.1, 0.15) is 17.9 Å². The number of ether oxygens (including phenoxy) is 1. The first-order chi connectivity index (χ1) is 11.1. The number of hydrogen-bond donors (Lipinski definition) is 1. The molecule has 1 amide bonds. The van der Waals surface area contributed by atoms with E-state index < -0.39 is 0 Å². The summed E-state index contributed by atoms with van der Waals surface area (Å²) >= 11 is 0. The van der Waals surface area contributed by atoms with Gasteiger partial charge in [0.2, 0.25) is 0 Å². The van der Waals surface area contributed by atoms with Crippen LogP contribution in [0.15, 0.2) is 42.6 Å². The third kappa shape index (κ3) is 3.31. The van der Waals surface area contributed by atoms with Crippen LogP contribution in [0.2, 0.25) is 0 Å². The summed E-state index contributed by atoms with van der Waals surface area (Å²) in [6.45, 7) is 4.65. The zero-order valence-corrected chi connectivity index (χ0v) is 13.1. The molecule has 6 heteroatoms. The van der Waals surface area contributed by atoms with Gasteiger partial charge in [0.05, 0.1) is 12.7 Å². The van der Waals surface area contributed by atoms with Gasteiger partial charge in [-0.05, 0) is 32.0 Å². The number of amides is 1. The van der Waals surface area contributed by atoms with Crippen molar-refractivity contribution in [1.82, 2.24) is 19.9 Å². The molecule has 0 aliphatic rings. The van der Waals surface area contributed by atoms with Gasteiger partial charge >= 0.3 is 0 Å². The Labute approximate surface area is 134 Å². The number of fused-ring (bicyclic) bond motifs is 1. The van der Waals surface area contributed by atoms with E-state index in [4.69, 9.17) is 4.74 Å². The van der Waals surface area contributed by atoms with Crippen LogP contribution in [-0.4, -0.2) is 33.7 Å². The molecular formula is C17H18N4O2. The molecule has 3 rings (SSSR count). The fourth-order valence-electron chi connectivity index (χ4n) is 2.38. The maximum absolute atomic E-state index is 12.3. The van der Waals surface area contributed by atoms with Gasteiger partial charge in [-0.25, -0.2) is 9.50 Å². The number of aromatic nitrogens is 3. The summed E-state index contributed by atoms with van der Waals surface area (Å²) < 4.78 is 7.22. The van der Waals surface area contributed by atoms with Crippen molar-refractivity contribution in [2.45, 2.75) is 13.8 Å². The molecule has 2 aromatic heterocycles. The van der Waals surface area contributed by atoms with Crippen LogP contribution in [-0.2, 0) is 0 Å². The van der Waals surface area contributed by atoms with Gasteiger partial charge in [0.15, 0.2) is 5.65 Å². The minimum absolute atomic E-state index is 0.200. The second-order valence-electron chi connectivity index (χ2n) is 5.25. The standard InChI is InChI=1S/C17H18N4O2/c1-12-10-13(2)21-16(20-12)15(11-19-21)17(22)18-8-9-23-14-6-4-3-5-7-14/h3-7,10-11H,8-9H2,1-2H3,(H,18,22). The van der Waals surface area contributed by atoms with Crippen molar-refractivity contribution in [3.8, 4) is 5.75 Å². The summed E-state index contributed by atoms with van der Waals surface area (Å²) in [5.41, 5.74) is 2.84. The second kappa shape index (κ2) is 6.48. The Balaban J connectivity index is 1.63. The van der Waals surface area contributed by atoms with Crippen LogP contribution in [0, 0.1) is 13.8 Å². The normalized spacial score (nSPS) is 10.7. The second-order valence-corrected chi connectivity index (χ2v) is 5.25. The van der Waals surface area contributed by atoms with E-state index >= 15 is 0 Å². The number of nitrogens with zero attached hydrogens (tertiary/aromatic N) is 3. The molecule has 118 valence electrons. The topological polar surface area (TPSA) is 68.5 Å². The van der Waals surface area contributed by atoms with Gasteiger partial charge < -0.3 is 10.1 Å². The van der Waals surface area contributed by atoms with Crippen LogP contribution >= 0.6 is 0 Å². The summed E-state index contributed by atoms with van der Waals surface area (Å²) in [6.07, 6.45) is 1.54. The van der Waals surface area contributed by atoms with Gasteiger partial charge in [-0.3, -0.25) is 4.79 Å². The summed E-state index contributed by atoms with van der Waals surface area (Å²) in [4.78, 5) is 16.7. The molecule has 1 aromatic carbocycles. The van der Waals surface area contributed by atoms with E-state index in [1.807, 2.05) is 50.2 Å². The molecule has 0 saturated heterocycles. The van der Waals surface area contributed by atoms with E-state index in [9.17, 15) is 4.79 Å². The highest BCUT2D eigenvalue weighted by Gasteiger charge is 2.14. The van der Waals surface area contributed by atoms with Gasteiger partial charge in [0.25, 0.3) is 5.91 Å². The van der Waals surface area contributed by atoms with Gasteiger partial charge in [-0.15, -0.1) is 0 Å². The zero-order chi connectivity index (χ0) is 16.2. The predicted octanol–water partition coefficient (Wildman–Crippen LogP) is 2.15. The SMILES string of the molecule is Cc1cc(C)n2ncc(C(=O)NCCOc3ccccc3)c2n1. The third-order valence-electron chi connectivity index (χ3n) is 3.42. The highest BCUT2D eigenvalue weighted by molar-refractivity contribution is 5.99. The molecule has 0 radical (unpaired) electrons. The van der Waals surface area contributed by atoms with E-state index in [0.29, 0.717) is 24.4 Å². The van der Waals surface area contributed by atoms with Crippen molar-refractivity contribution in [3.05, 3.63) is 59.5 Å². The van der Waals surface area contributed by atoms with Gasteiger partial charge in [0, 0.05) is 11.4 Å². The van der Waals surface area contributed by atoms with Crippen molar-refractivity contribution >= 4 is 11.6 Å². The van der Waals surface area contributed by atoms with E-state index in [1.165, 1.54) is 0 Å². The molecule has 0 aliphatic carbocycles. The van der Waals surface area contributed by atoms with Crippen LogP contribution < -0.4 is 10.1 Å². The average Bonchev–Trinajstić information content (AvgIpc) is 2.96. The number of rotatable bonds is 5. The number of benzene rings is 1. The summed E-state index contributed by atoms with van der Waals surface area (Å²) in [7, 11) is 0. The number of carbonyl (C=O) groups is 1. The van der Waals surface area contributed by atoms with Crippen LogP contribution in [0.3, 0.4) is 0 Å². The molecule has 0 atom stereocenters. The molecule has 23 heavy (non-hydrogen) atoms. The van der Waals surface area contributed by atoms with Gasteiger partial charge in [-0.1, -0.05) is 18.2 Å². The summed E-state index contributed by atoms with van der Waals surface area (Å²) in [5.74, 6) is 0.583. The molecule has 0 fully saturated rings. The smallest absolute Gasteiger partial charge is 0.256 e. The van der Waals surface area contributed by atoms with E-state index in [1.54, 1.807) is 10.7 Å². The number of para-hydroxylation sites is 1. The molecule has 0 spiro atoms. The summed E-state index contributed by atoms with van der Waals surface area (Å²) in [5, 5.41) is 7.05. The molecule has 0 unspecified atom stereocenters. The lowest BCUT2D eigenvalue weighted by molar-refractivity contribution is 0.0948. The van der Waals surface area contributed by atoms with Crippen LogP contribution in [0.4, 0.5) is 0 Å². The molecule has 3 aromatic rings. The predicted molar refractivity (Wildman–Crippen MR) is 86.7 cm³/mol. The van der Waals surface area contributed by atoms with Crippen molar-refractivity contribution < 1.29 is 9.53 Å². The fourth-order valence-corrected chi connectivity index (χ4v) is 2.38. The van der Waals surface area contributed by atoms with Crippen LogP contribution in [0.5, 0.6) is 5.75 Å². The first-order valence-electron chi connectivity index (χ1n) is 7.43. The Morgan fingerprint density at radius 2 is 2.04 bits per heavy atom. The van der Waals surface area contributed by atoms with Crippen molar-refractivity contribution in [1.29, 1.82) is 0 Å². The van der Waals surface area contributed by atoms with Crippen molar-refractivity contribution in [2.75, 3.05) is 13.2 Å². The first-order valence-corrected chi connectivity index (χ1v) is 7.43. The Morgan fingerprint density at radius 3 is 2.83 bits per heavy atom. The Kier molecular flexibility index (Phi) is 4.23. The molecule has 0 bridgehead atoms. The van der Waals surface area contributed by atoms with E-state index in [0.717, 1.165) is 17.1 Å². The van der Waals surface area contributed by atoms with Gasteiger partial charge in [-0.2, -0.15) is 5.10 Å². The lowest BCUT2D eigenvalue weighted by Gasteiger charge is -2.07. The average molecular weight is 310 g/mol. The molecule has 0 saturated carbocycles. The Morgan fingerprint density at radius 1 is 1.26 bits per heavy atom. The lowest BCUT2D eigenvalue weighted by Crippen LogP contribution is -2.28. The first kappa shape index (κ1) is 15.0. The van der Waals surface area contributed by atoms with Crippen LogP contribution in [0.25, 0.3) is 5.65 Å². The number of carbonyl (C=O) groups excluding carboxylic acids is 1. The van der Waals surface area contributed by atoms with Crippen molar-refractivity contribution in [3.63, 3.8) is 0 Å². The quantitative estimate of drug-likeness (QED) is 0.733.